The lowest BCUT2D eigenvalue weighted by molar-refractivity contribution is -0.139. The van der Waals surface area contributed by atoms with Crippen LogP contribution < -0.4 is 0 Å². The molecule has 0 aliphatic rings. The number of hydrogen-bond acceptors (Lipinski definition) is 4. The summed E-state index contributed by atoms with van der Waals surface area (Å²) in [6.45, 7) is 7.84. The van der Waals surface area contributed by atoms with Crippen LogP contribution in [0.3, 0.4) is 0 Å². The van der Waals surface area contributed by atoms with Crippen LogP contribution in [0, 0.1) is 5.92 Å². The van der Waals surface area contributed by atoms with Gasteiger partial charge in [0.25, 0.3) is 0 Å². The summed E-state index contributed by atoms with van der Waals surface area (Å²) in [7, 11) is 2.00. The summed E-state index contributed by atoms with van der Waals surface area (Å²) >= 11 is 0. The fraction of sp³-hybridized carbons (Fsp3) is 0.833. The van der Waals surface area contributed by atoms with Crippen LogP contribution in [-0.4, -0.2) is 43.6 Å². The third kappa shape index (κ3) is 5.03. The number of carbonyl (C=O) groups excluding carboxylic acids is 2. The number of methoxy groups -OCH3 is 2. The maximum absolute atomic E-state index is 11.6. The van der Waals surface area contributed by atoms with Crippen molar-refractivity contribution in [3.05, 3.63) is 0 Å². The van der Waals surface area contributed by atoms with Crippen molar-refractivity contribution in [3.8, 4) is 0 Å². The summed E-state index contributed by atoms with van der Waals surface area (Å²) in [5, 5.41) is 0. The predicted octanol–water partition coefficient (Wildman–Crippen LogP) is 2.25. The van der Waals surface area contributed by atoms with E-state index in [9.17, 15) is 9.59 Å². The number of rotatable bonds is 6. The zero-order valence-electron chi connectivity index (χ0n) is 11.5. The van der Waals surface area contributed by atoms with E-state index in [4.69, 9.17) is 9.47 Å². The van der Waals surface area contributed by atoms with Gasteiger partial charge in [-0.3, -0.25) is 9.59 Å². The maximum Gasteiger partial charge on any atom is 0.312 e. The van der Waals surface area contributed by atoms with E-state index in [0.29, 0.717) is 5.92 Å². The predicted molar refractivity (Wildman–Crippen MR) is 69.6 cm³/mol. The summed E-state index contributed by atoms with van der Waals surface area (Å²) in [6, 6.07) is 0. The molecule has 0 heterocycles. The van der Waals surface area contributed by atoms with Crippen molar-refractivity contribution < 1.29 is 19.1 Å². The van der Waals surface area contributed by atoms with Crippen LogP contribution in [0.1, 0.15) is 27.7 Å². The van der Waals surface area contributed by atoms with Crippen molar-refractivity contribution >= 4 is 19.9 Å². The molecule has 0 aromatic rings. The second-order valence-corrected chi connectivity index (χ2v) is 7.43. The monoisotopic (exact) mass is 262 g/mol. The first kappa shape index (κ1) is 16.4. The van der Waals surface area contributed by atoms with E-state index < -0.39 is 7.92 Å². The quantitative estimate of drug-likeness (QED) is 0.544. The van der Waals surface area contributed by atoms with Gasteiger partial charge in [-0.25, -0.2) is 0 Å². The molecule has 0 N–H and O–H groups in total. The molecule has 0 amide bonds. The Labute approximate surface area is 105 Å². The van der Waals surface area contributed by atoms with Crippen LogP contribution in [0.4, 0.5) is 0 Å². The fourth-order valence-corrected chi connectivity index (χ4v) is 4.58. The van der Waals surface area contributed by atoms with E-state index in [1.54, 1.807) is 0 Å². The molecule has 0 saturated heterocycles. The van der Waals surface area contributed by atoms with Crippen LogP contribution in [0.5, 0.6) is 0 Å². The Morgan fingerprint density at radius 3 is 1.53 bits per heavy atom. The molecule has 0 saturated carbocycles. The van der Waals surface area contributed by atoms with Crippen LogP contribution in [0.2, 0.25) is 0 Å². The Morgan fingerprint density at radius 1 is 0.941 bits per heavy atom. The lowest BCUT2D eigenvalue weighted by Crippen LogP contribution is -2.28. The minimum absolute atomic E-state index is 0.230. The first-order valence-electron chi connectivity index (χ1n) is 5.76. The molecule has 0 fully saturated rings. The Bertz CT molecular complexity index is 243. The van der Waals surface area contributed by atoms with Crippen molar-refractivity contribution in [2.75, 3.05) is 20.4 Å². The SMILES string of the molecule is COC(=O)C(C)P(CC(C)C)C(C)C(=O)OC. The molecule has 2 atom stereocenters. The molecular formula is C12H23O4P. The van der Waals surface area contributed by atoms with Crippen molar-refractivity contribution in [2.24, 2.45) is 5.92 Å². The van der Waals surface area contributed by atoms with Gasteiger partial charge in [0.05, 0.1) is 25.5 Å². The van der Waals surface area contributed by atoms with Gasteiger partial charge in [0.1, 0.15) is 0 Å². The largest absolute Gasteiger partial charge is 0.469 e. The molecule has 17 heavy (non-hydrogen) atoms. The van der Waals surface area contributed by atoms with Crippen LogP contribution >= 0.6 is 7.92 Å². The third-order valence-electron chi connectivity index (χ3n) is 2.66. The van der Waals surface area contributed by atoms with Gasteiger partial charge >= 0.3 is 11.9 Å². The van der Waals surface area contributed by atoms with Gasteiger partial charge in [-0.15, -0.1) is 0 Å². The van der Waals surface area contributed by atoms with Crippen LogP contribution in [0.15, 0.2) is 0 Å². The highest BCUT2D eigenvalue weighted by atomic mass is 31.1. The molecule has 0 aromatic heterocycles. The molecule has 0 bridgehead atoms. The molecule has 5 heteroatoms. The number of carbonyl (C=O) groups is 2. The maximum atomic E-state index is 11.6. The average Bonchev–Trinajstić information content (AvgIpc) is 2.31. The molecular weight excluding hydrogens is 239 g/mol. The van der Waals surface area contributed by atoms with Gasteiger partial charge < -0.3 is 9.47 Å². The molecule has 0 aliphatic carbocycles. The third-order valence-corrected chi connectivity index (χ3v) is 6.22. The first-order valence-corrected chi connectivity index (χ1v) is 7.43. The topological polar surface area (TPSA) is 52.6 Å². The molecule has 0 rings (SSSR count). The van der Waals surface area contributed by atoms with E-state index >= 15 is 0 Å². The molecule has 4 nitrogen and oxygen atoms in total. The van der Waals surface area contributed by atoms with Crippen molar-refractivity contribution in [1.29, 1.82) is 0 Å². The Kier molecular flexibility index (Phi) is 7.37. The van der Waals surface area contributed by atoms with E-state index in [2.05, 4.69) is 13.8 Å². The summed E-state index contributed by atoms with van der Waals surface area (Å²) < 4.78 is 9.53. The molecule has 0 aliphatic heterocycles. The second-order valence-electron chi connectivity index (χ2n) is 4.49. The van der Waals surface area contributed by atoms with E-state index in [1.165, 1.54) is 14.2 Å². The molecule has 0 aromatic carbocycles. The Balaban J connectivity index is 4.86. The molecule has 0 radical (unpaired) electrons. The highest BCUT2D eigenvalue weighted by Crippen LogP contribution is 2.48. The summed E-state index contributed by atoms with van der Waals surface area (Å²) in [5.41, 5.74) is -0.460. The summed E-state index contributed by atoms with van der Waals surface area (Å²) in [4.78, 5) is 23.2. The molecule has 100 valence electrons. The lowest BCUT2D eigenvalue weighted by Gasteiger charge is -2.28. The van der Waals surface area contributed by atoms with Crippen molar-refractivity contribution in [2.45, 2.75) is 39.0 Å². The van der Waals surface area contributed by atoms with E-state index in [1.807, 2.05) is 13.8 Å². The van der Waals surface area contributed by atoms with Gasteiger partial charge in [-0.2, -0.15) is 0 Å². The lowest BCUT2D eigenvalue weighted by atomic mass is 10.3. The summed E-state index contributed by atoms with van der Waals surface area (Å²) in [6.07, 6.45) is 0.863. The number of esters is 2. The normalized spacial score (nSPS) is 16.2. The molecule has 2 unspecified atom stereocenters. The smallest absolute Gasteiger partial charge is 0.312 e. The highest BCUT2D eigenvalue weighted by Gasteiger charge is 2.33. The van der Waals surface area contributed by atoms with Gasteiger partial charge in [0, 0.05) is 0 Å². The van der Waals surface area contributed by atoms with E-state index in [-0.39, 0.29) is 23.3 Å². The summed E-state index contributed by atoms with van der Waals surface area (Å²) in [5.74, 6) is -0.0413. The van der Waals surface area contributed by atoms with Crippen molar-refractivity contribution in [3.63, 3.8) is 0 Å². The Hall–Kier alpha value is -0.630. The zero-order chi connectivity index (χ0) is 13.6. The van der Waals surface area contributed by atoms with Gasteiger partial charge in [-0.05, 0) is 25.9 Å². The minimum Gasteiger partial charge on any atom is -0.469 e. The standard InChI is InChI=1S/C12H23O4P/c1-8(2)7-17(9(3)11(13)15-5)10(4)12(14)16-6/h8-10H,7H2,1-6H3. The second kappa shape index (κ2) is 7.65. The van der Waals surface area contributed by atoms with Crippen LogP contribution in [0.25, 0.3) is 0 Å². The highest BCUT2D eigenvalue weighted by molar-refractivity contribution is 7.61. The first-order chi connectivity index (χ1) is 7.84. The fourth-order valence-electron chi connectivity index (χ4n) is 1.69. The molecule has 0 spiro atoms. The average molecular weight is 262 g/mol. The van der Waals surface area contributed by atoms with E-state index in [0.717, 1.165) is 6.16 Å². The number of hydrogen-bond donors (Lipinski definition) is 0. The zero-order valence-corrected chi connectivity index (χ0v) is 12.4. The Morgan fingerprint density at radius 2 is 1.29 bits per heavy atom. The number of ether oxygens (including phenoxy) is 2. The van der Waals surface area contributed by atoms with Crippen molar-refractivity contribution in [1.82, 2.24) is 0 Å². The van der Waals surface area contributed by atoms with Gasteiger partial charge in [-0.1, -0.05) is 21.8 Å². The van der Waals surface area contributed by atoms with Gasteiger partial charge in [0.2, 0.25) is 0 Å². The van der Waals surface area contributed by atoms with Gasteiger partial charge in [0.15, 0.2) is 0 Å². The minimum atomic E-state index is -0.762. The van der Waals surface area contributed by atoms with Crippen LogP contribution in [-0.2, 0) is 19.1 Å².